The van der Waals surface area contributed by atoms with Gasteiger partial charge in [-0.2, -0.15) is 0 Å². The van der Waals surface area contributed by atoms with Gasteiger partial charge in [-0.3, -0.25) is 9.97 Å². The molecule has 2 heterocycles. The van der Waals surface area contributed by atoms with E-state index in [2.05, 4.69) is 242 Å². The lowest BCUT2D eigenvalue weighted by molar-refractivity contribution is 0.650. The molecule has 2 aromatic heterocycles. The second kappa shape index (κ2) is 19.0. The first-order valence-electron chi connectivity index (χ1n) is 24.3. The summed E-state index contributed by atoms with van der Waals surface area (Å²) < 4.78 is 0. The number of fused-ring (bicyclic) bond motifs is 1. The lowest BCUT2D eigenvalue weighted by Crippen LogP contribution is -2.12. The van der Waals surface area contributed by atoms with Gasteiger partial charge in [-0.15, -0.1) is 0 Å². The maximum Gasteiger partial charge on any atom is 0.0709 e. The van der Waals surface area contributed by atoms with Crippen molar-refractivity contribution in [3.8, 4) is 67.0 Å². The first-order valence-corrected chi connectivity index (χ1v) is 24.3. The number of hydrogen-bond donors (Lipinski definition) is 0. The Balaban J connectivity index is 1.30. The second-order valence-corrected chi connectivity index (χ2v) is 19.3. The molecule has 0 atom stereocenters. The third-order valence-corrected chi connectivity index (χ3v) is 13.7. The van der Waals surface area contributed by atoms with Crippen LogP contribution in [-0.4, -0.2) is 9.97 Å². The Morgan fingerprint density at radius 2 is 0.797 bits per heavy atom. The minimum atomic E-state index is 0.508. The van der Waals surface area contributed by atoms with Crippen LogP contribution < -0.4 is 4.90 Å². The van der Waals surface area contributed by atoms with E-state index in [1.807, 2.05) is 12.4 Å². The zero-order chi connectivity index (χ0) is 47.8. The van der Waals surface area contributed by atoms with Gasteiger partial charge in [0, 0.05) is 40.3 Å². The Hall–Kier alpha value is -7.88. The van der Waals surface area contributed by atoms with Crippen molar-refractivity contribution in [2.45, 2.75) is 61.8 Å². The van der Waals surface area contributed by atoms with Gasteiger partial charge in [-0.1, -0.05) is 141 Å². The molecule has 3 heteroatoms. The molecule has 3 nitrogen and oxygen atoms in total. The highest BCUT2D eigenvalue weighted by Gasteiger charge is 2.23. The molecule has 0 N–H and O–H groups in total. The lowest BCUT2D eigenvalue weighted by atomic mass is 9.91. The molecule has 0 aliphatic heterocycles. The predicted molar refractivity (Wildman–Crippen MR) is 294 cm³/mol. The van der Waals surface area contributed by atoms with Crippen LogP contribution in [0.4, 0.5) is 17.1 Å². The molecule has 0 unspecified atom stereocenters. The summed E-state index contributed by atoms with van der Waals surface area (Å²) in [6.07, 6.45) is 5.05. The molecule has 338 valence electrons. The van der Waals surface area contributed by atoms with Gasteiger partial charge in [0.1, 0.15) is 0 Å². The van der Waals surface area contributed by atoms with Gasteiger partial charge in [0.25, 0.3) is 0 Å². The normalized spacial score (nSPS) is 11.4. The molecule has 0 saturated carbocycles. The summed E-state index contributed by atoms with van der Waals surface area (Å²) in [5.41, 5.74) is 25.2. The lowest BCUT2D eigenvalue weighted by Gasteiger charge is -2.30. The number of anilines is 3. The van der Waals surface area contributed by atoms with Crippen molar-refractivity contribution in [1.82, 2.24) is 9.97 Å². The Morgan fingerprint density at radius 3 is 1.25 bits per heavy atom. The Kier molecular flexibility index (Phi) is 12.4. The highest BCUT2D eigenvalue weighted by atomic mass is 15.1. The molecule has 0 bridgehead atoms. The van der Waals surface area contributed by atoms with Crippen LogP contribution in [0.15, 0.2) is 194 Å². The van der Waals surface area contributed by atoms with E-state index in [1.165, 1.54) is 72.0 Å². The zero-order valence-corrected chi connectivity index (χ0v) is 41.1. The van der Waals surface area contributed by atoms with Crippen LogP contribution in [0, 0.1) is 47.5 Å². The fraction of sp³-hybridized carbons (Fsp3) is 0.152. The Labute approximate surface area is 408 Å². The SMILES string of the molecule is Cc1cnc(-c2cc(-c3c(C)cccc3C)cc(N(c3cc(-c4cc(-c5ccccc5)c(C)cn4)cc(-c4c(C)cccc4C)c3)c3ccc(CC(C)C)c4ccccc34)c2)cc1-c1ccccc1. The van der Waals surface area contributed by atoms with Crippen molar-refractivity contribution in [3.63, 3.8) is 0 Å². The number of rotatable bonds is 11. The van der Waals surface area contributed by atoms with Crippen LogP contribution >= 0.6 is 0 Å². The molecular weight excluding hydrogens is 835 g/mol. The Morgan fingerprint density at radius 1 is 0.377 bits per heavy atom. The maximum atomic E-state index is 5.19. The molecule has 0 radical (unpaired) electrons. The average Bonchev–Trinajstić information content (AvgIpc) is 3.35. The summed E-state index contributed by atoms with van der Waals surface area (Å²) in [5.74, 6) is 0.508. The highest BCUT2D eigenvalue weighted by Crippen LogP contribution is 2.47. The molecule has 0 amide bonds. The molecule has 0 aliphatic rings. The van der Waals surface area contributed by atoms with E-state index < -0.39 is 0 Å². The number of hydrogen-bond acceptors (Lipinski definition) is 3. The number of aromatic nitrogens is 2. The molecule has 10 rings (SSSR count). The number of aryl methyl sites for hydroxylation is 6. The summed E-state index contributed by atoms with van der Waals surface area (Å²) >= 11 is 0. The van der Waals surface area contributed by atoms with Crippen LogP contribution in [0.2, 0.25) is 0 Å². The highest BCUT2D eigenvalue weighted by molar-refractivity contribution is 6.02. The van der Waals surface area contributed by atoms with Crippen molar-refractivity contribution in [2.24, 2.45) is 5.92 Å². The van der Waals surface area contributed by atoms with Gasteiger partial charge in [0.05, 0.1) is 17.1 Å². The molecule has 0 aliphatic carbocycles. The number of pyridine rings is 2. The third-order valence-electron chi connectivity index (χ3n) is 13.7. The summed E-state index contributed by atoms with van der Waals surface area (Å²) in [6, 6.07) is 66.9. The van der Waals surface area contributed by atoms with Crippen molar-refractivity contribution >= 4 is 27.8 Å². The van der Waals surface area contributed by atoms with Gasteiger partial charge < -0.3 is 4.90 Å². The van der Waals surface area contributed by atoms with Crippen LogP contribution in [-0.2, 0) is 6.42 Å². The topological polar surface area (TPSA) is 29.0 Å². The molecule has 8 aromatic carbocycles. The first kappa shape index (κ1) is 44.9. The molecule has 0 spiro atoms. The summed E-state index contributed by atoms with van der Waals surface area (Å²) in [4.78, 5) is 12.9. The van der Waals surface area contributed by atoms with E-state index >= 15 is 0 Å². The van der Waals surface area contributed by atoms with Crippen LogP contribution in [0.1, 0.15) is 52.8 Å². The van der Waals surface area contributed by atoms with Crippen molar-refractivity contribution in [3.05, 3.63) is 233 Å². The molecule has 69 heavy (non-hydrogen) atoms. The molecular formula is C66H59N3. The maximum absolute atomic E-state index is 5.19. The van der Waals surface area contributed by atoms with E-state index in [0.717, 1.165) is 68.3 Å². The largest absolute Gasteiger partial charge is 0.310 e. The second-order valence-electron chi connectivity index (χ2n) is 19.3. The van der Waals surface area contributed by atoms with Crippen molar-refractivity contribution in [2.75, 3.05) is 4.90 Å². The summed E-state index contributed by atoms with van der Waals surface area (Å²) in [6.45, 7) is 17.8. The standard InChI is InChI=1S/C66H59N3/c1-42(2)31-51-29-30-64(59-28-16-15-27-58(51)59)69(56-34-52(32-54(36-56)65-43(3)19-17-20-44(65)4)62-38-60(47(7)40-67-62)49-23-11-9-12-24-49)57-35-53(33-55(37-57)66-45(5)21-18-22-46(66)6)63-39-61(48(8)41-68-63)50-25-13-10-14-26-50/h9-30,32-42H,31H2,1-8H3. The van der Waals surface area contributed by atoms with Crippen LogP contribution in [0.25, 0.3) is 77.8 Å². The van der Waals surface area contributed by atoms with Gasteiger partial charge in [0.15, 0.2) is 0 Å². The average molecular weight is 894 g/mol. The van der Waals surface area contributed by atoms with Gasteiger partial charge >= 0.3 is 0 Å². The summed E-state index contributed by atoms with van der Waals surface area (Å²) in [7, 11) is 0. The van der Waals surface area contributed by atoms with E-state index in [9.17, 15) is 0 Å². The molecule has 0 fully saturated rings. The minimum absolute atomic E-state index is 0.508. The van der Waals surface area contributed by atoms with E-state index in [4.69, 9.17) is 9.97 Å². The van der Waals surface area contributed by atoms with Crippen molar-refractivity contribution < 1.29 is 0 Å². The predicted octanol–water partition coefficient (Wildman–Crippen LogP) is 18.2. The Bertz CT molecular complexity index is 3280. The third kappa shape index (κ3) is 9.01. The smallest absolute Gasteiger partial charge is 0.0709 e. The minimum Gasteiger partial charge on any atom is -0.310 e. The monoisotopic (exact) mass is 893 g/mol. The summed E-state index contributed by atoms with van der Waals surface area (Å²) in [5, 5.41) is 2.47. The first-order chi connectivity index (χ1) is 33.5. The van der Waals surface area contributed by atoms with E-state index in [0.29, 0.717) is 5.92 Å². The molecule has 10 aromatic rings. The fourth-order valence-electron chi connectivity index (χ4n) is 10.4. The van der Waals surface area contributed by atoms with Crippen LogP contribution in [0.5, 0.6) is 0 Å². The van der Waals surface area contributed by atoms with E-state index in [1.54, 1.807) is 0 Å². The van der Waals surface area contributed by atoms with Gasteiger partial charge in [-0.25, -0.2) is 0 Å². The zero-order valence-electron chi connectivity index (χ0n) is 41.1. The van der Waals surface area contributed by atoms with Crippen molar-refractivity contribution in [1.29, 1.82) is 0 Å². The van der Waals surface area contributed by atoms with Gasteiger partial charge in [-0.05, 0) is 197 Å². The van der Waals surface area contributed by atoms with Crippen LogP contribution in [0.3, 0.4) is 0 Å². The van der Waals surface area contributed by atoms with Gasteiger partial charge in [0.2, 0.25) is 0 Å². The fourth-order valence-corrected chi connectivity index (χ4v) is 10.4. The quantitative estimate of drug-likeness (QED) is 0.130. The van der Waals surface area contributed by atoms with E-state index in [-0.39, 0.29) is 0 Å². The molecule has 0 saturated heterocycles. The number of nitrogens with zero attached hydrogens (tertiary/aromatic N) is 3. The number of benzene rings is 8.